The second kappa shape index (κ2) is 8.00. The standard InChI is InChI=1S/C20H29NO4/c1-13-11-15(9-10-25-13)19(24)21-17(12-18(22)23)14-5-7-16(8-6-14)20(2,3)4/h5-8,13,15,17H,9-12H2,1-4H3,(H,21,24)(H,22,23)/t13-,15-,17-/m1/s1. The summed E-state index contributed by atoms with van der Waals surface area (Å²) in [7, 11) is 0. The number of hydrogen-bond donors (Lipinski definition) is 2. The van der Waals surface area contributed by atoms with Crippen molar-refractivity contribution in [3.63, 3.8) is 0 Å². The summed E-state index contributed by atoms with van der Waals surface area (Å²) < 4.78 is 5.48. The molecule has 1 aromatic carbocycles. The number of carbonyl (C=O) groups excluding carboxylic acids is 1. The van der Waals surface area contributed by atoms with Crippen LogP contribution in [-0.4, -0.2) is 29.7 Å². The molecule has 3 atom stereocenters. The number of carboxylic acids is 1. The summed E-state index contributed by atoms with van der Waals surface area (Å²) in [5.41, 5.74) is 2.03. The van der Waals surface area contributed by atoms with E-state index in [4.69, 9.17) is 4.74 Å². The molecule has 2 N–H and O–H groups in total. The van der Waals surface area contributed by atoms with E-state index in [0.29, 0.717) is 19.4 Å². The normalized spacial score (nSPS) is 22.2. The Hall–Kier alpha value is -1.88. The number of nitrogens with one attached hydrogen (secondary N) is 1. The van der Waals surface area contributed by atoms with Gasteiger partial charge in [-0.3, -0.25) is 9.59 Å². The number of carboxylic acid groups (broad SMARTS) is 1. The van der Waals surface area contributed by atoms with Gasteiger partial charge in [-0.25, -0.2) is 0 Å². The maximum atomic E-state index is 12.6. The lowest BCUT2D eigenvalue weighted by Crippen LogP contribution is -2.39. The molecule has 0 unspecified atom stereocenters. The SMILES string of the molecule is C[C@@H]1C[C@H](C(=O)N[C@H](CC(=O)O)c2ccc(C(C)(C)C)cc2)CCO1. The van der Waals surface area contributed by atoms with Crippen LogP contribution in [0.1, 0.15) is 64.1 Å². The molecular weight excluding hydrogens is 318 g/mol. The Morgan fingerprint density at radius 3 is 2.44 bits per heavy atom. The first-order valence-corrected chi connectivity index (χ1v) is 8.91. The van der Waals surface area contributed by atoms with Crippen LogP contribution in [-0.2, 0) is 19.7 Å². The Morgan fingerprint density at radius 1 is 1.28 bits per heavy atom. The van der Waals surface area contributed by atoms with Gasteiger partial charge in [-0.2, -0.15) is 0 Å². The van der Waals surface area contributed by atoms with Crippen molar-refractivity contribution in [3.05, 3.63) is 35.4 Å². The highest BCUT2D eigenvalue weighted by atomic mass is 16.5. The summed E-state index contributed by atoms with van der Waals surface area (Å²) in [6.45, 7) is 8.92. The van der Waals surface area contributed by atoms with E-state index in [1.54, 1.807) is 0 Å². The Balaban J connectivity index is 2.12. The molecule has 1 aliphatic heterocycles. The van der Waals surface area contributed by atoms with E-state index in [1.165, 1.54) is 5.56 Å². The molecule has 138 valence electrons. The third-order valence-electron chi connectivity index (χ3n) is 4.73. The monoisotopic (exact) mass is 347 g/mol. The zero-order chi connectivity index (χ0) is 18.6. The van der Waals surface area contributed by atoms with Gasteiger partial charge in [0.25, 0.3) is 0 Å². The van der Waals surface area contributed by atoms with Gasteiger partial charge in [-0.15, -0.1) is 0 Å². The predicted octanol–water partition coefficient (Wildman–Crippen LogP) is 3.43. The van der Waals surface area contributed by atoms with Gasteiger partial charge >= 0.3 is 5.97 Å². The third kappa shape index (κ3) is 5.56. The van der Waals surface area contributed by atoms with Crippen molar-refractivity contribution in [3.8, 4) is 0 Å². The van der Waals surface area contributed by atoms with Gasteiger partial charge in [0.15, 0.2) is 0 Å². The van der Waals surface area contributed by atoms with E-state index < -0.39 is 12.0 Å². The highest BCUT2D eigenvalue weighted by Gasteiger charge is 2.28. The van der Waals surface area contributed by atoms with Crippen molar-refractivity contribution >= 4 is 11.9 Å². The molecule has 1 amide bonds. The lowest BCUT2D eigenvalue weighted by molar-refractivity contribution is -0.138. The van der Waals surface area contributed by atoms with Crippen LogP contribution in [0.15, 0.2) is 24.3 Å². The van der Waals surface area contributed by atoms with Crippen LogP contribution in [0.2, 0.25) is 0 Å². The Labute approximate surface area is 149 Å². The van der Waals surface area contributed by atoms with E-state index in [9.17, 15) is 14.7 Å². The zero-order valence-electron chi connectivity index (χ0n) is 15.5. The van der Waals surface area contributed by atoms with Gasteiger partial charge in [0.05, 0.1) is 18.6 Å². The van der Waals surface area contributed by atoms with E-state index in [2.05, 4.69) is 26.1 Å². The molecule has 1 saturated heterocycles. The smallest absolute Gasteiger partial charge is 0.305 e. The van der Waals surface area contributed by atoms with Crippen LogP contribution in [0.3, 0.4) is 0 Å². The van der Waals surface area contributed by atoms with Crippen LogP contribution in [0.25, 0.3) is 0 Å². The van der Waals surface area contributed by atoms with Crippen molar-refractivity contribution in [1.82, 2.24) is 5.32 Å². The van der Waals surface area contributed by atoms with E-state index in [-0.39, 0.29) is 29.8 Å². The molecule has 5 nitrogen and oxygen atoms in total. The number of aliphatic carboxylic acids is 1. The summed E-state index contributed by atoms with van der Waals surface area (Å²) >= 11 is 0. The molecule has 1 aliphatic rings. The lowest BCUT2D eigenvalue weighted by Gasteiger charge is -2.28. The second-order valence-corrected chi connectivity index (χ2v) is 7.93. The minimum Gasteiger partial charge on any atom is -0.481 e. The van der Waals surface area contributed by atoms with Gasteiger partial charge in [-0.05, 0) is 36.3 Å². The molecule has 1 heterocycles. The molecule has 1 aromatic rings. The number of ether oxygens (including phenoxy) is 1. The summed E-state index contributed by atoms with van der Waals surface area (Å²) in [5, 5.41) is 12.2. The van der Waals surface area contributed by atoms with Gasteiger partial charge < -0.3 is 15.2 Å². The van der Waals surface area contributed by atoms with Crippen molar-refractivity contribution in [2.24, 2.45) is 5.92 Å². The number of benzene rings is 1. The average molecular weight is 347 g/mol. The zero-order valence-corrected chi connectivity index (χ0v) is 15.5. The largest absolute Gasteiger partial charge is 0.481 e. The summed E-state index contributed by atoms with van der Waals surface area (Å²) in [6.07, 6.45) is 1.29. The first-order chi connectivity index (χ1) is 11.7. The first-order valence-electron chi connectivity index (χ1n) is 8.91. The molecule has 0 radical (unpaired) electrons. The maximum absolute atomic E-state index is 12.6. The minimum atomic E-state index is -0.925. The van der Waals surface area contributed by atoms with E-state index in [1.807, 2.05) is 31.2 Å². The first kappa shape index (κ1) is 19.4. The summed E-state index contributed by atoms with van der Waals surface area (Å²) in [6, 6.07) is 7.33. The average Bonchev–Trinajstić information content (AvgIpc) is 2.53. The van der Waals surface area contributed by atoms with Crippen LogP contribution < -0.4 is 5.32 Å². The van der Waals surface area contributed by atoms with Crippen LogP contribution in [0.5, 0.6) is 0 Å². The molecule has 2 rings (SSSR count). The second-order valence-electron chi connectivity index (χ2n) is 7.93. The van der Waals surface area contributed by atoms with E-state index in [0.717, 1.165) is 5.56 Å². The van der Waals surface area contributed by atoms with Crippen LogP contribution in [0, 0.1) is 5.92 Å². The Bertz CT molecular complexity index is 603. The Morgan fingerprint density at radius 2 is 1.92 bits per heavy atom. The summed E-state index contributed by atoms with van der Waals surface area (Å²) in [4.78, 5) is 23.8. The van der Waals surface area contributed by atoms with Crippen LogP contribution >= 0.6 is 0 Å². The highest BCUT2D eigenvalue weighted by molar-refractivity contribution is 5.80. The molecule has 0 spiro atoms. The van der Waals surface area contributed by atoms with Gasteiger partial charge in [0, 0.05) is 12.5 Å². The van der Waals surface area contributed by atoms with Crippen LogP contribution in [0.4, 0.5) is 0 Å². The maximum Gasteiger partial charge on any atom is 0.305 e. The number of hydrogen-bond acceptors (Lipinski definition) is 3. The molecule has 0 aromatic heterocycles. The molecule has 5 heteroatoms. The fourth-order valence-electron chi connectivity index (χ4n) is 3.17. The number of amides is 1. The van der Waals surface area contributed by atoms with Crippen molar-refractivity contribution in [1.29, 1.82) is 0 Å². The Kier molecular flexibility index (Phi) is 6.22. The molecule has 0 saturated carbocycles. The molecule has 0 bridgehead atoms. The van der Waals surface area contributed by atoms with Gasteiger partial charge in [0.1, 0.15) is 0 Å². The molecular formula is C20H29NO4. The molecule has 1 fully saturated rings. The van der Waals surface area contributed by atoms with Crippen molar-refractivity contribution in [2.45, 2.75) is 64.5 Å². The predicted molar refractivity (Wildman–Crippen MR) is 96.4 cm³/mol. The van der Waals surface area contributed by atoms with Crippen molar-refractivity contribution in [2.75, 3.05) is 6.61 Å². The number of rotatable bonds is 5. The fraction of sp³-hybridized carbons (Fsp3) is 0.600. The van der Waals surface area contributed by atoms with Gasteiger partial charge in [0.2, 0.25) is 5.91 Å². The lowest BCUT2D eigenvalue weighted by atomic mass is 9.86. The topological polar surface area (TPSA) is 75.6 Å². The minimum absolute atomic E-state index is 0.0301. The highest BCUT2D eigenvalue weighted by Crippen LogP contribution is 2.26. The third-order valence-corrected chi connectivity index (χ3v) is 4.73. The quantitative estimate of drug-likeness (QED) is 0.855. The number of carbonyl (C=O) groups is 2. The van der Waals surface area contributed by atoms with E-state index >= 15 is 0 Å². The fourth-order valence-corrected chi connectivity index (χ4v) is 3.17. The van der Waals surface area contributed by atoms with Gasteiger partial charge in [-0.1, -0.05) is 45.0 Å². The van der Waals surface area contributed by atoms with Crippen molar-refractivity contribution < 1.29 is 19.4 Å². The molecule has 0 aliphatic carbocycles. The molecule has 25 heavy (non-hydrogen) atoms. The summed E-state index contributed by atoms with van der Waals surface area (Å²) in [5.74, 6) is -1.12.